The number of ether oxygens (including phenoxy) is 1. The average Bonchev–Trinajstić information content (AvgIpc) is 2.10. The predicted octanol–water partition coefficient (Wildman–Crippen LogP) is 2.75. The monoisotopic (exact) mass is 178 g/mol. The van der Waals surface area contributed by atoms with Gasteiger partial charge in [0.15, 0.2) is 0 Å². The molecule has 0 heterocycles. The van der Waals surface area contributed by atoms with Crippen LogP contribution in [0.25, 0.3) is 0 Å². The van der Waals surface area contributed by atoms with E-state index < -0.39 is 0 Å². The lowest BCUT2D eigenvalue weighted by Gasteiger charge is -2.04. The number of hydrogen-bond donors (Lipinski definition) is 0. The van der Waals surface area contributed by atoms with E-state index >= 15 is 0 Å². The van der Waals surface area contributed by atoms with Gasteiger partial charge in [-0.05, 0) is 13.0 Å². The second-order valence-electron chi connectivity index (χ2n) is 2.32. The Bertz CT molecular complexity index is 270. The van der Waals surface area contributed by atoms with Crippen molar-refractivity contribution in [2.75, 3.05) is 0 Å². The van der Waals surface area contributed by atoms with Crippen molar-refractivity contribution < 1.29 is 9.53 Å². The zero-order valence-corrected chi connectivity index (χ0v) is 8.04. The maximum atomic E-state index is 10.7. The van der Waals surface area contributed by atoms with Crippen molar-refractivity contribution in [2.24, 2.45) is 0 Å². The molecule has 0 aliphatic heterocycles. The molecule has 0 rings (SSSR count). The Morgan fingerprint density at radius 1 is 1.31 bits per heavy atom. The molecule has 2 nitrogen and oxygen atoms in total. The minimum absolute atomic E-state index is 0.362. The molecule has 0 saturated heterocycles. The molecule has 2 heteroatoms. The Labute approximate surface area is 78.9 Å². The third-order valence-electron chi connectivity index (χ3n) is 1.29. The van der Waals surface area contributed by atoms with Crippen LogP contribution in [-0.4, -0.2) is 5.97 Å². The Kier molecular flexibility index (Phi) is 5.28. The van der Waals surface area contributed by atoms with Gasteiger partial charge < -0.3 is 4.74 Å². The van der Waals surface area contributed by atoms with Crippen molar-refractivity contribution in [1.29, 1.82) is 0 Å². The lowest BCUT2D eigenvalue weighted by molar-refractivity contribution is -0.136. The third-order valence-corrected chi connectivity index (χ3v) is 1.29. The summed E-state index contributed by atoms with van der Waals surface area (Å²) in [5, 5.41) is 0. The van der Waals surface area contributed by atoms with Crippen LogP contribution in [0.5, 0.6) is 0 Å². The molecule has 0 bridgehead atoms. The number of rotatable bonds is 4. The Balaban J connectivity index is 4.92. The summed E-state index contributed by atoms with van der Waals surface area (Å²) in [7, 11) is 0. The molecule has 0 saturated carbocycles. The predicted molar refractivity (Wildman–Crippen MR) is 54.0 cm³/mol. The fourth-order valence-corrected chi connectivity index (χ4v) is 0.804. The number of esters is 1. The Hall–Kier alpha value is -1.57. The minimum atomic E-state index is -0.362. The van der Waals surface area contributed by atoms with Gasteiger partial charge in [-0.25, -0.2) is 0 Å². The molecular weight excluding hydrogens is 164 g/mol. The van der Waals surface area contributed by atoms with E-state index in [1.807, 2.05) is 13.0 Å². The molecule has 0 aromatic heterocycles. The van der Waals surface area contributed by atoms with Crippen molar-refractivity contribution in [3.05, 3.63) is 48.8 Å². The second kappa shape index (κ2) is 6.00. The van der Waals surface area contributed by atoms with E-state index in [0.29, 0.717) is 5.76 Å². The minimum Gasteiger partial charge on any atom is -0.426 e. The molecule has 0 aromatic rings. The molecule has 0 fully saturated rings. The first-order chi connectivity index (χ1) is 6.15. The Morgan fingerprint density at radius 3 is 2.23 bits per heavy atom. The van der Waals surface area contributed by atoms with E-state index in [-0.39, 0.29) is 5.97 Å². The van der Waals surface area contributed by atoms with Crippen molar-refractivity contribution in [2.45, 2.75) is 13.8 Å². The van der Waals surface area contributed by atoms with Crippen LogP contribution in [0.3, 0.4) is 0 Å². The van der Waals surface area contributed by atoms with E-state index in [2.05, 4.69) is 13.2 Å². The van der Waals surface area contributed by atoms with Crippen LogP contribution in [0, 0.1) is 0 Å². The van der Waals surface area contributed by atoms with E-state index in [4.69, 9.17) is 4.74 Å². The van der Waals surface area contributed by atoms with Gasteiger partial charge >= 0.3 is 5.97 Å². The van der Waals surface area contributed by atoms with Crippen LogP contribution in [0.1, 0.15) is 13.8 Å². The topological polar surface area (TPSA) is 26.3 Å². The number of carbonyl (C=O) groups is 1. The van der Waals surface area contributed by atoms with Gasteiger partial charge in [0.1, 0.15) is 5.76 Å². The summed E-state index contributed by atoms with van der Waals surface area (Å²) in [6, 6.07) is 0. The molecule has 0 spiro atoms. The highest BCUT2D eigenvalue weighted by Crippen LogP contribution is 2.10. The molecule has 0 radical (unpaired) electrons. The van der Waals surface area contributed by atoms with Crippen molar-refractivity contribution in [1.82, 2.24) is 0 Å². The molecule has 0 amide bonds. The van der Waals surface area contributed by atoms with Crippen LogP contribution >= 0.6 is 0 Å². The lowest BCUT2D eigenvalue weighted by atomic mass is 10.2. The van der Waals surface area contributed by atoms with E-state index in [9.17, 15) is 4.79 Å². The molecule has 0 aliphatic rings. The summed E-state index contributed by atoms with van der Waals surface area (Å²) in [5.41, 5.74) is 0.743. The summed E-state index contributed by atoms with van der Waals surface area (Å²) >= 11 is 0. The van der Waals surface area contributed by atoms with Gasteiger partial charge in [0.2, 0.25) is 0 Å². The van der Waals surface area contributed by atoms with Crippen molar-refractivity contribution in [3.63, 3.8) is 0 Å². The summed E-state index contributed by atoms with van der Waals surface area (Å²) in [6.45, 7) is 10.4. The zero-order valence-electron chi connectivity index (χ0n) is 8.04. The first kappa shape index (κ1) is 11.4. The van der Waals surface area contributed by atoms with E-state index in [1.165, 1.54) is 13.0 Å². The molecule has 0 unspecified atom stereocenters. The maximum absolute atomic E-state index is 10.7. The molecule has 0 N–H and O–H groups in total. The largest absolute Gasteiger partial charge is 0.426 e. The van der Waals surface area contributed by atoms with Gasteiger partial charge in [-0.15, -0.1) is 0 Å². The maximum Gasteiger partial charge on any atom is 0.308 e. The standard InChI is InChI=1S/C11H14O2/c1-5-8-10(6-2)11(7-3)13-9(4)12/h5-8H,2-3H2,1,4H3/b8-5-,11-10+. The molecule has 13 heavy (non-hydrogen) atoms. The van der Waals surface area contributed by atoms with E-state index in [1.54, 1.807) is 12.2 Å². The normalized spacial score (nSPS) is 12.2. The molecular formula is C11H14O2. The average molecular weight is 178 g/mol. The quantitative estimate of drug-likeness (QED) is 0.376. The Morgan fingerprint density at radius 2 is 1.92 bits per heavy atom. The van der Waals surface area contributed by atoms with Crippen LogP contribution in [0.4, 0.5) is 0 Å². The molecule has 0 atom stereocenters. The third kappa shape index (κ3) is 4.11. The number of hydrogen-bond acceptors (Lipinski definition) is 2. The lowest BCUT2D eigenvalue weighted by Crippen LogP contribution is -1.98. The number of allylic oxidation sites excluding steroid dienone is 5. The van der Waals surface area contributed by atoms with Crippen LogP contribution in [0.2, 0.25) is 0 Å². The highest BCUT2D eigenvalue weighted by molar-refractivity contribution is 5.68. The first-order valence-corrected chi connectivity index (χ1v) is 3.96. The second-order valence-corrected chi connectivity index (χ2v) is 2.32. The summed E-state index contributed by atoms with van der Waals surface area (Å²) in [5.74, 6) is 0.0688. The summed E-state index contributed by atoms with van der Waals surface area (Å²) in [4.78, 5) is 10.7. The summed E-state index contributed by atoms with van der Waals surface area (Å²) < 4.78 is 4.91. The summed E-state index contributed by atoms with van der Waals surface area (Å²) in [6.07, 6.45) is 6.73. The van der Waals surface area contributed by atoms with E-state index in [0.717, 1.165) is 5.57 Å². The van der Waals surface area contributed by atoms with Gasteiger partial charge in [-0.1, -0.05) is 31.4 Å². The fraction of sp³-hybridized carbons (Fsp3) is 0.182. The highest BCUT2D eigenvalue weighted by Gasteiger charge is 2.01. The van der Waals surface area contributed by atoms with Crippen LogP contribution in [-0.2, 0) is 9.53 Å². The van der Waals surface area contributed by atoms with Crippen molar-refractivity contribution in [3.8, 4) is 0 Å². The molecule has 0 aromatic carbocycles. The molecule has 70 valence electrons. The van der Waals surface area contributed by atoms with Crippen LogP contribution in [0.15, 0.2) is 48.8 Å². The SMILES string of the molecule is C=CC(/C=C\C)=C(/C=C)OC(C)=O. The first-order valence-electron chi connectivity index (χ1n) is 3.96. The smallest absolute Gasteiger partial charge is 0.308 e. The van der Waals surface area contributed by atoms with Crippen molar-refractivity contribution >= 4 is 5.97 Å². The van der Waals surface area contributed by atoms with Gasteiger partial charge in [0.05, 0.1) is 0 Å². The molecule has 0 aliphatic carbocycles. The van der Waals surface area contributed by atoms with Gasteiger partial charge in [-0.2, -0.15) is 0 Å². The van der Waals surface area contributed by atoms with Gasteiger partial charge in [-0.3, -0.25) is 4.79 Å². The van der Waals surface area contributed by atoms with Gasteiger partial charge in [0.25, 0.3) is 0 Å². The van der Waals surface area contributed by atoms with Crippen LogP contribution < -0.4 is 0 Å². The van der Waals surface area contributed by atoms with Gasteiger partial charge in [0, 0.05) is 12.5 Å². The zero-order chi connectivity index (χ0) is 10.3. The highest BCUT2D eigenvalue weighted by atomic mass is 16.5. The fourth-order valence-electron chi connectivity index (χ4n) is 0.804. The number of carbonyl (C=O) groups excluding carboxylic acids is 1.